The molecule has 0 unspecified atom stereocenters. The molecule has 4 fully saturated rings. The Balaban J connectivity index is 0.00000231. The van der Waals surface area contributed by atoms with Gasteiger partial charge in [0.2, 0.25) is 5.91 Å². The summed E-state index contributed by atoms with van der Waals surface area (Å²) in [6.45, 7) is 3.52. The van der Waals surface area contributed by atoms with Crippen LogP contribution in [-0.4, -0.2) is 60.5 Å². The van der Waals surface area contributed by atoms with Crippen LogP contribution in [-0.2, 0) is 9.59 Å². The molecule has 1 saturated carbocycles. The van der Waals surface area contributed by atoms with Gasteiger partial charge in [-0.05, 0) is 70.0 Å². The van der Waals surface area contributed by atoms with E-state index in [4.69, 9.17) is 0 Å². The van der Waals surface area contributed by atoms with E-state index in [1.165, 1.54) is 0 Å². The van der Waals surface area contributed by atoms with Crippen molar-refractivity contribution in [1.82, 2.24) is 15.5 Å². The molecule has 2 N–H and O–H groups in total. The number of nitrogens with one attached hydrogen (secondary N) is 2. The number of para-hydroxylation sites is 1. The minimum Gasteiger partial charge on any atom is -0.339 e. The molecule has 5 rings (SSSR count). The number of anilines is 1. The van der Waals surface area contributed by atoms with Gasteiger partial charge in [0.05, 0.1) is 12.7 Å². The number of nitrogens with zero attached hydrogens (tertiary/aromatic N) is 2. The van der Waals surface area contributed by atoms with E-state index in [1.54, 1.807) is 0 Å². The topological polar surface area (TPSA) is 64.7 Å². The molecule has 31 heavy (non-hydrogen) atoms. The molecule has 4 aliphatic rings. The number of ketones is 1. The van der Waals surface area contributed by atoms with Crippen molar-refractivity contribution >= 4 is 29.8 Å². The molecule has 0 aromatic heterocycles. The third kappa shape index (κ3) is 4.22. The smallest absolute Gasteiger partial charge is 0.247 e. The molecule has 1 aromatic carbocycles. The zero-order valence-corrected chi connectivity index (χ0v) is 19.0. The van der Waals surface area contributed by atoms with Gasteiger partial charge in [-0.15, -0.1) is 12.4 Å². The molecule has 7 heteroatoms. The molecule has 1 amide bonds. The van der Waals surface area contributed by atoms with E-state index >= 15 is 0 Å². The van der Waals surface area contributed by atoms with E-state index in [9.17, 15) is 9.59 Å². The molecule has 1 atom stereocenters. The van der Waals surface area contributed by atoms with Crippen molar-refractivity contribution in [3.05, 3.63) is 30.3 Å². The first-order valence-electron chi connectivity index (χ1n) is 11.8. The maximum Gasteiger partial charge on any atom is 0.247 e. The van der Waals surface area contributed by atoms with E-state index < -0.39 is 5.54 Å². The van der Waals surface area contributed by atoms with Crippen molar-refractivity contribution in [2.75, 3.05) is 31.2 Å². The van der Waals surface area contributed by atoms with Gasteiger partial charge in [-0.1, -0.05) is 18.2 Å². The van der Waals surface area contributed by atoms with E-state index in [2.05, 4.69) is 32.6 Å². The van der Waals surface area contributed by atoms with E-state index in [-0.39, 0.29) is 30.3 Å². The highest BCUT2D eigenvalue weighted by atomic mass is 35.5. The summed E-state index contributed by atoms with van der Waals surface area (Å²) >= 11 is 0. The van der Waals surface area contributed by atoms with Gasteiger partial charge in [0, 0.05) is 30.7 Å². The second-order valence-corrected chi connectivity index (χ2v) is 9.55. The summed E-state index contributed by atoms with van der Waals surface area (Å²) in [4.78, 5) is 30.4. The van der Waals surface area contributed by atoms with Crippen LogP contribution >= 0.6 is 12.4 Å². The van der Waals surface area contributed by atoms with E-state index in [1.807, 2.05) is 18.2 Å². The van der Waals surface area contributed by atoms with E-state index in [0.717, 1.165) is 76.7 Å². The first-order valence-corrected chi connectivity index (χ1v) is 11.8. The van der Waals surface area contributed by atoms with Crippen LogP contribution in [0.5, 0.6) is 0 Å². The van der Waals surface area contributed by atoms with Crippen LogP contribution in [0.2, 0.25) is 0 Å². The van der Waals surface area contributed by atoms with Crippen molar-refractivity contribution < 1.29 is 9.59 Å². The molecule has 3 saturated heterocycles. The molecule has 3 heterocycles. The van der Waals surface area contributed by atoms with Crippen LogP contribution in [0.15, 0.2) is 30.3 Å². The summed E-state index contributed by atoms with van der Waals surface area (Å²) in [5, 5.41) is 6.47. The minimum atomic E-state index is -0.404. The normalized spacial score (nSPS) is 30.8. The predicted octanol–water partition coefficient (Wildman–Crippen LogP) is 2.72. The summed E-state index contributed by atoms with van der Waals surface area (Å²) in [7, 11) is 0. The van der Waals surface area contributed by atoms with Gasteiger partial charge in [-0.3, -0.25) is 9.59 Å². The van der Waals surface area contributed by atoms with Crippen molar-refractivity contribution in [3.63, 3.8) is 0 Å². The summed E-state index contributed by atoms with van der Waals surface area (Å²) in [6.07, 6.45) is 8.19. The number of likely N-dealkylation sites (tertiary alicyclic amines) is 1. The van der Waals surface area contributed by atoms with E-state index in [0.29, 0.717) is 18.5 Å². The number of piperidine rings is 1. The number of carbonyl (C=O) groups is 2. The summed E-state index contributed by atoms with van der Waals surface area (Å²) < 4.78 is 0. The van der Waals surface area contributed by atoms with Gasteiger partial charge >= 0.3 is 0 Å². The lowest BCUT2D eigenvalue weighted by atomic mass is 9.79. The average Bonchev–Trinajstić information content (AvgIpc) is 3.44. The number of halogens is 1. The zero-order chi connectivity index (χ0) is 20.6. The van der Waals surface area contributed by atoms with Crippen LogP contribution in [0.4, 0.5) is 5.69 Å². The maximum atomic E-state index is 12.8. The van der Waals surface area contributed by atoms with Gasteiger partial charge in [-0.2, -0.15) is 0 Å². The number of hydrogen-bond acceptors (Lipinski definition) is 5. The molecule has 170 valence electrons. The SMILES string of the molecule is Cl.O=C(C1CCC(N2CCC3(CC2)C(=O)NCN3c2ccccc2)CC1)[C@@H]1CCCN1. The van der Waals surface area contributed by atoms with Crippen LogP contribution in [0, 0.1) is 5.92 Å². The van der Waals surface area contributed by atoms with Crippen LogP contribution in [0.25, 0.3) is 0 Å². The minimum absolute atomic E-state index is 0. The molecule has 0 radical (unpaired) electrons. The highest BCUT2D eigenvalue weighted by Gasteiger charge is 2.51. The molecular formula is C24H35ClN4O2. The summed E-state index contributed by atoms with van der Waals surface area (Å²) in [5.41, 5.74) is 0.725. The molecule has 1 spiro atoms. The number of rotatable bonds is 4. The Labute approximate surface area is 191 Å². The summed E-state index contributed by atoms with van der Waals surface area (Å²) in [6, 6.07) is 11.0. The predicted molar refractivity (Wildman–Crippen MR) is 124 cm³/mol. The largest absolute Gasteiger partial charge is 0.339 e. The first-order chi connectivity index (χ1) is 14.7. The Kier molecular flexibility index (Phi) is 6.89. The number of benzene rings is 1. The number of Topliss-reactive ketones (excluding diaryl/α,β-unsaturated/α-hetero) is 1. The molecular weight excluding hydrogens is 412 g/mol. The average molecular weight is 447 g/mol. The Morgan fingerprint density at radius 3 is 2.35 bits per heavy atom. The fourth-order valence-corrected chi connectivity index (χ4v) is 6.23. The molecule has 3 aliphatic heterocycles. The third-order valence-electron chi connectivity index (χ3n) is 8.05. The fraction of sp³-hybridized carbons (Fsp3) is 0.667. The second-order valence-electron chi connectivity index (χ2n) is 9.55. The van der Waals surface area contributed by atoms with Crippen LogP contribution < -0.4 is 15.5 Å². The van der Waals surface area contributed by atoms with Gasteiger partial charge in [0.1, 0.15) is 5.54 Å². The van der Waals surface area contributed by atoms with Crippen LogP contribution in [0.3, 0.4) is 0 Å². The Hall–Kier alpha value is -1.63. The van der Waals surface area contributed by atoms with Crippen molar-refractivity contribution in [1.29, 1.82) is 0 Å². The molecule has 0 bridgehead atoms. The van der Waals surface area contributed by atoms with Gasteiger partial charge in [0.15, 0.2) is 5.78 Å². The molecule has 1 aliphatic carbocycles. The molecule has 6 nitrogen and oxygen atoms in total. The number of hydrogen-bond donors (Lipinski definition) is 2. The van der Waals surface area contributed by atoms with Gasteiger partial charge in [-0.25, -0.2) is 0 Å². The monoisotopic (exact) mass is 446 g/mol. The highest BCUT2D eigenvalue weighted by Crippen LogP contribution is 2.38. The molecule has 1 aromatic rings. The third-order valence-corrected chi connectivity index (χ3v) is 8.05. The van der Waals surface area contributed by atoms with Crippen molar-refractivity contribution in [3.8, 4) is 0 Å². The Bertz CT molecular complexity index is 767. The number of carbonyl (C=O) groups excluding carboxylic acids is 2. The fourth-order valence-electron chi connectivity index (χ4n) is 6.23. The zero-order valence-electron chi connectivity index (χ0n) is 18.2. The van der Waals surface area contributed by atoms with Crippen LogP contribution in [0.1, 0.15) is 51.4 Å². The van der Waals surface area contributed by atoms with Gasteiger partial charge in [0.25, 0.3) is 0 Å². The maximum absolute atomic E-state index is 12.8. The lowest BCUT2D eigenvalue weighted by Gasteiger charge is -2.46. The lowest BCUT2D eigenvalue weighted by molar-refractivity contribution is -0.127. The number of amides is 1. The van der Waals surface area contributed by atoms with Crippen molar-refractivity contribution in [2.24, 2.45) is 5.92 Å². The quantitative estimate of drug-likeness (QED) is 0.744. The Morgan fingerprint density at radius 1 is 1.00 bits per heavy atom. The first kappa shape index (κ1) is 22.6. The van der Waals surface area contributed by atoms with Gasteiger partial charge < -0.3 is 20.4 Å². The second kappa shape index (κ2) is 9.47. The highest BCUT2D eigenvalue weighted by molar-refractivity contribution is 5.93. The standard InChI is InChI=1S/C24H34N4O2.ClH/c29-22(21-7-4-14-25-21)18-8-10-19(11-9-18)27-15-12-24(13-16-27)23(30)26-17-28(24)20-5-2-1-3-6-20;/h1-3,5-6,18-19,21,25H,4,7-17H2,(H,26,30);1H/t18?,19?,21-;/m0./s1. The lowest BCUT2D eigenvalue weighted by Crippen LogP contribution is -2.58. The Morgan fingerprint density at radius 2 is 1.71 bits per heavy atom. The van der Waals surface area contributed by atoms with Crippen molar-refractivity contribution in [2.45, 2.75) is 69.0 Å². The summed E-state index contributed by atoms with van der Waals surface area (Å²) in [5.74, 6) is 0.899.